The van der Waals surface area contributed by atoms with Gasteiger partial charge in [-0.05, 0) is 37.7 Å². The molecule has 0 saturated heterocycles. The van der Waals surface area contributed by atoms with Crippen LogP contribution in [0.5, 0.6) is 0 Å². The fourth-order valence-electron chi connectivity index (χ4n) is 4.95. The number of aryl methyl sites for hydroxylation is 1. The van der Waals surface area contributed by atoms with E-state index in [0.29, 0.717) is 17.3 Å². The lowest BCUT2D eigenvalue weighted by molar-refractivity contribution is -0.138. The van der Waals surface area contributed by atoms with E-state index < -0.39 is 12.0 Å². The Bertz CT molecular complexity index is 1070. The van der Waals surface area contributed by atoms with Crippen LogP contribution in [0.2, 0.25) is 0 Å². The molecule has 6 nitrogen and oxygen atoms in total. The smallest absolute Gasteiger partial charge is 0.338 e. The molecular weight excluding hydrogens is 446 g/mol. The number of esters is 1. The van der Waals surface area contributed by atoms with Crippen molar-refractivity contribution in [1.82, 2.24) is 9.80 Å². The van der Waals surface area contributed by atoms with Gasteiger partial charge in [0.15, 0.2) is 5.17 Å². The van der Waals surface area contributed by atoms with Gasteiger partial charge in [0.05, 0.1) is 23.7 Å². The Morgan fingerprint density at radius 1 is 1.26 bits per heavy atom. The van der Waals surface area contributed by atoms with Crippen molar-refractivity contribution in [2.24, 2.45) is 4.99 Å². The molecule has 0 aromatic heterocycles. The molecule has 180 valence electrons. The van der Waals surface area contributed by atoms with Crippen LogP contribution < -0.4 is 0 Å². The highest BCUT2D eigenvalue weighted by atomic mass is 32.2. The average Bonchev–Trinajstić information content (AvgIpc) is 3.23. The van der Waals surface area contributed by atoms with E-state index in [9.17, 15) is 9.59 Å². The summed E-state index contributed by atoms with van der Waals surface area (Å²) in [7, 11) is 1.92. The third-order valence-corrected chi connectivity index (χ3v) is 7.65. The van der Waals surface area contributed by atoms with E-state index in [4.69, 9.17) is 9.73 Å². The molecule has 0 bridgehead atoms. The molecule has 7 heteroatoms. The molecule has 34 heavy (non-hydrogen) atoms. The van der Waals surface area contributed by atoms with Crippen molar-refractivity contribution in [3.8, 4) is 0 Å². The number of hydrogen-bond donors (Lipinski definition) is 0. The highest BCUT2D eigenvalue weighted by Gasteiger charge is 2.41. The fraction of sp³-hybridized carbons (Fsp3) is 0.444. The summed E-state index contributed by atoms with van der Waals surface area (Å²) in [5.74, 6) is -0.307. The fourth-order valence-corrected chi connectivity index (χ4v) is 5.91. The lowest BCUT2D eigenvalue weighted by atomic mass is 9.92. The van der Waals surface area contributed by atoms with Crippen LogP contribution in [0.1, 0.15) is 62.6 Å². The number of allylic oxidation sites excluding steroid dienone is 1. The summed E-state index contributed by atoms with van der Waals surface area (Å²) in [4.78, 5) is 35.1. The lowest BCUT2D eigenvalue weighted by Gasteiger charge is -2.37. The van der Waals surface area contributed by atoms with Crippen molar-refractivity contribution in [2.75, 3.05) is 13.7 Å². The maximum Gasteiger partial charge on any atom is 0.338 e. The van der Waals surface area contributed by atoms with Crippen molar-refractivity contribution in [3.63, 3.8) is 0 Å². The van der Waals surface area contributed by atoms with Gasteiger partial charge in [0, 0.05) is 18.8 Å². The maximum atomic E-state index is 13.3. The zero-order chi connectivity index (χ0) is 24.2. The molecule has 1 atom stereocenters. The number of carbonyl (C=O) groups is 2. The van der Waals surface area contributed by atoms with E-state index >= 15 is 0 Å². The number of aliphatic imine (C=N–C) groups is 1. The van der Waals surface area contributed by atoms with E-state index in [1.165, 1.54) is 31.0 Å². The quantitative estimate of drug-likeness (QED) is 0.383. The van der Waals surface area contributed by atoms with Gasteiger partial charge in [0.2, 0.25) is 5.91 Å². The summed E-state index contributed by atoms with van der Waals surface area (Å²) >= 11 is 1.50. The Morgan fingerprint density at radius 3 is 2.74 bits per heavy atom. The van der Waals surface area contributed by atoms with E-state index in [0.717, 1.165) is 34.8 Å². The molecule has 1 aliphatic carbocycles. The van der Waals surface area contributed by atoms with E-state index in [1.807, 2.05) is 54.3 Å². The minimum atomic E-state index is -0.409. The highest BCUT2D eigenvalue weighted by molar-refractivity contribution is 8.16. The Morgan fingerprint density at radius 2 is 2.03 bits per heavy atom. The maximum absolute atomic E-state index is 13.3. The van der Waals surface area contributed by atoms with Crippen LogP contribution in [0.3, 0.4) is 0 Å². The SMILES string of the molecule is C=CCOC(=O)C1=C(C)N=C2SC=C(CC(=O)N(C)C3CCCCC3)N2C1c1cccc(C)c1. The van der Waals surface area contributed by atoms with Gasteiger partial charge in [-0.15, -0.1) is 0 Å². The molecule has 1 amide bonds. The van der Waals surface area contributed by atoms with Crippen molar-refractivity contribution in [1.29, 1.82) is 0 Å². The van der Waals surface area contributed by atoms with Gasteiger partial charge in [-0.1, -0.05) is 73.5 Å². The third kappa shape index (κ3) is 4.99. The number of hydrogen-bond acceptors (Lipinski definition) is 6. The predicted octanol–water partition coefficient (Wildman–Crippen LogP) is 5.48. The van der Waals surface area contributed by atoms with Gasteiger partial charge in [-0.25, -0.2) is 9.79 Å². The highest BCUT2D eigenvalue weighted by Crippen LogP contribution is 2.45. The van der Waals surface area contributed by atoms with Gasteiger partial charge in [0.1, 0.15) is 6.61 Å². The summed E-state index contributed by atoms with van der Waals surface area (Å²) in [5.41, 5.74) is 4.07. The largest absolute Gasteiger partial charge is 0.458 e. The number of fused-ring (bicyclic) bond motifs is 1. The number of amides is 1. The monoisotopic (exact) mass is 479 g/mol. The van der Waals surface area contributed by atoms with Crippen molar-refractivity contribution in [2.45, 2.75) is 64.5 Å². The number of nitrogens with zero attached hydrogens (tertiary/aromatic N) is 3. The van der Waals surface area contributed by atoms with Crippen LogP contribution in [0, 0.1) is 6.92 Å². The summed E-state index contributed by atoms with van der Waals surface area (Å²) in [6.07, 6.45) is 7.58. The first-order valence-corrected chi connectivity index (χ1v) is 12.8. The zero-order valence-corrected chi connectivity index (χ0v) is 21.1. The number of thioether (sulfide) groups is 1. The minimum absolute atomic E-state index is 0.102. The van der Waals surface area contributed by atoms with Crippen LogP contribution in [0.25, 0.3) is 0 Å². The number of rotatable bonds is 7. The van der Waals surface area contributed by atoms with E-state index in [-0.39, 0.29) is 18.9 Å². The van der Waals surface area contributed by atoms with Crippen LogP contribution >= 0.6 is 11.8 Å². The number of carbonyl (C=O) groups excluding carboxylic acids is 2. The van der Waals surface area contributed by atoms with Crippen molar-refractivity contribution >= 4 is 28.8 Å². The summed E-state index contributed by atoms with van der Waals surface area (Å²) in [5, 5.41) is 2.78. The van der Waals surface area contributed by atoms with E-state index in [2.05, 4.69) is 12.6 Å². The first kappa shape index (κ1) is 24.3. The molecule has 1 aromatic carbocycles. The summed E-state index contributed by atoms with van der Waals surface area (Å²) in [6, 6.07) is 8.03. The van der Waals surface area contributed by atoms with Gasteiger partial charge in [-0.2, -0.15) is 0 Å². The van der Waals surface area contributed by atoms with Gasteiger partial charge < -0.3 is 14.5 Å². The Kier molecular flexibility index (Phi) is 7.61. The molecule has 1 aromatic rings. The molecular formula is C27H33N3O3S. The molecule has 1 saturated carbocycles. The first-order valence-electron chi connectivity index (χ1n) is 12.0. The molecule has 0 spiro atoms. The number of benzene rings is 1. The Labute approximate surface area is 206 Å². The molecule has 1 unspecified atom stereocenters. The normalized spacial score (nSPS) is 20.4. The number of ether oxygens (including phenoxy) is 1. The standard InChI is InChI=1S/C27H33N3O3S/c1-5-14-33-26(32)24-19(3)28-27-30(25(24)20-11-9-10-18(2)15-20)22(17-34-27)16-23(31)29(4)21-12-7-6-8-13-21/h5,9-11,15,17,21,25H,1,6-8,12-14,16H2,2-4H3. The second-order valence-electron chi connectivity index (χ2n) is 9.17. The second kappa shape index (κ2) is 10.6. The lowest BCUT2D eigenvalue weighted by Crippen LogP contribution is -2.41. The predicted molar refractivity (Wildman–Crippen MR) is 137 cm³/mol. The first-order chi connectivity index (χ1) is 16.4. The molecule has 3 aliphatic rings. The molecule has 4 rings (SSSR count). The van der Waals surface area contributed by atoms with Gasteiger partial charge in [0.25, 0.3) is 0 Å². The van der Waals surface area contributed by atoms with Crippen LogP contribution in [0.15, 0.2) is 64.3 Å². The molecule has 0 radical (unpaired) electrons. The molecule has 2 heterocycles. The van der Waals surface area contributed by atoms with Crippen molar-refractivity contribution < 1.29 is 14.3 Å². The average molecular weight is 480 g/mol. The zero-order valence-electron chi connectivity index (χ0n) is 20.3. The summed E-state index contributed by atoms with van der Waals surface area (Å²) < 4.78 is 5.45. The van der Waals surface area contributed by atoms with Crippen LogP contribution in [-0.2, 0) is 14.3 Å². The van der Waals surface area contributed by atoms with Gasteiger partial charge in [-0.3, -0.25) is 4.79 Å². The second-order valence-corrected chi connectivity index (χ2v) is 10.0. The van der Waals surface area contributed by atoms with Crippen molar-refractivity contribution in [3.05, 3.63) is 70.4 Å². The third-order valence-electron chi connectivity index (χ3n) is 6.76. The summed E-state index contributed by atoms with van der Waals surface area (Å²) in [6.45, 7) is 7.67. The minimum Gasteiger partial charge on any atom is -0.458 e. The Balaban J connectivity index is 1.65. The number of amidine groups is 1. The van der Waals surface area contributed by atoms with Crippen LogP contribution in [-0.4, -0.2) is 46.5 Å². The topological polar surface area (TPSA) is 62.2 Å². The van der Waals surface area contributed by atoms with Crippen LogP contribution in [0.4, 0.5) is 0 Å². The van der Waals surface area contributed by atoms with Gasteiger partial charge >= 0.3 is 5.97 Å². The molecule has 0 N–H and O–H groups in total. The Hall–Kier alpha value is -2.80. The van der Waals surface area contributed by atoms with E-state index in [1.54, 1.807) is 6.08 Å². The molecule has 2 aliphatic heterocycles. The molecule has 1 fully saturated rings.